The molecule has 1 aliphatic heterocycles. The third-order valence-electron chi connectivity index (χ3n) is 3.29. The maximum atomic E-state index is 11.8. The molecule has 2 rings (SSSR count). The SMILES string of the molecule is CCCNC(CC(=O)OCC)c1ccc2c(c1)OCCO2. The van der Waals surface area contributed by atoms with Crippen molar-refractivity contribution < 1.29 is 19.0 Å². The summed E-state index contributed by atoms with van der Waals surface area (Å²) in [6, 6.07) is 5.75. The van der Waals surface area contributed by atoms with Gasteiger partial charge in [-0.2, -0.15) is 0 Å². The molecule has 0 saturated heterocycles. The second kappa shape index (κ2) is 7.88. The molecule has 1 unspecified atom stereocenters. The lowest BCUT2D eigenvalue weighted by Crippen LogP contribution is -2.26. The van der Waals surface area contributed by atoms with Crippen LogP contribution < -0.4 is 14.8 Å². The van der Waals surface area contributed by atoms with Gasteiger partial charge in [0.1, 0.15) is 13.2 Å². The van der Waals surface area contributed by atoms with Crippen molar-refractivity contribution in [3.8, 4) is 11.5 Å². The molecule has 5 heteroatoms. The van der Waals surface area contributed by atoms with Crippen LogP contribution in [0.25, 0.3) is 0 Å². The summed E-state index contributed by atoms with van der Waals surface area (Å²) in [4.78, 5) is 11.8. The lowest BCUT2D eigenvalue weighted by atomic mass is 10.0. The predicted molar refractivity (Wildman–Crippen MR) is 79.7 cm³/mol. The van der Waals surface area contributed by atoms with Crippen molar-refractivity contribution in [1.29, 1.82) is 0 Å². The highest BCUT2D eigenvalue weighted by molar-refractivity contribution is 5.70. The Morgan fingerprint density at radius 2 is 2.05 bits per heavy atom. The summed E-state index contributed by atoms with van der Waals surface area (Å²) in [5.74, 6) is 1.31. The lowest BCUT2D eigenvalue weighted by Gasteiger charge is -2.22. The Bertz CT molecular complexity index is 475. The van der Waals surface area contributed by atoms with Gasteiger partial charge in [0.15, 0.2) is 11.5 Å². The molecular weight excluding hydrogens is 270 g/mol. The molecule has 0 saturated carbocycles. The minimum Gasteiger partial charge on any atom is -0.486 e. The molecule has 21 heavy (non-hydrogen) atoms. The van der Waals surface area contributed by atoms with E-state index in [9.17, 15) is 4.79 Å². The average Bonchev–Trinajstić information content (AvgIpc) is 2.51. The van der Waals surface area contributed by atoms with Gasteiger partial charge in [0.2, 0.25) is 0 Å². The number of benzene rings is 1. The molecule has 0 spiro atoms. The summed E-state index contributed by atoms with van der Waals surface area (Å²) < 4.78 is 16.2. The molecule has 1 aromatic carbocycles. The summed E-state index contributed by atoms with van der Waals surface area (Å²) >= 11 is 0. The summed E-state index contributed by atoms with van der Waals surface area (Å²) in [5.41, 5.74) is 1.01. The van der Waals surface area contributed by atoms with Gasteiger partial charge in [0, 0.05) is 6.04 Å². The van der Waals surface area contributed by atoms with Gasteiger partial charge in [-0.15, -0.1) is 0 Å². The predicted octanol–water partition coefficient (Wildman–Crippen LogP) is 2.45. The zero-order valence-corrected chi connectivity index (χ0v) is 12.7. The maximum absolute atomic E-state index is 11.8. The number of hydrogen-bond donors (Lipinski definition) is 1. The van der Waals surface area contributed by atoms with Crippen molar-refractivity contribution in [1.82, 2.24) is 5.32 Å². The number of esters is 1. The first-order valence-corrected chi connectivity index (χ1v) is 7.53. The minimum atomic E-state index is -0.194. The zero-order valence-electron chi connectivity index (χ0n) is 12.7. The molecule has 1 N–H and O–H groups in total. The van der Waals surface area contributed by atoms with E-state index in [1.54, 1.807) is 0 Å². The Labute approximate surface area is 125 Å². The zero-order chi connectivity index (χ0) is 15.1. The number of ether oxygens (including phenoxy) is 3. The third-order valence-corrected chi connectivity index (χ3v) is 3.29. The highest BCUT2D eigenvalue weighted by atomic mass is 16.6. The molecule has 0 aliphatic carbocycles. The van der Waals surface area contributed by atoms with Crippen LogP contribution in [0.15, 0.2) is 18.2 Å². The van der Waals surface area contributed by atoms with Crippen LogP contribution >= 0.6 is 0 Å². The second-order valence-corrected chi connectivity index (χ2v) is 4.92. The Morgan fingerprint density at radius 3 is 2.76 bits per heavy atom. The molecule has 0 amide bonds. The van der Waals surface area contributed by atoms with Gasteiger partial charge >= 0.3 is 5.97 Å². The van der Waals surface area contributed by atoms with Gasteiger partial charge in [0.25, 0.3) is 0 Å². The van der Waals surface area contributed by atoms with Crippen molar-refractivity contribution in [2.75, 3.05) is 26.4 Å². The first-order chi connectivity index (χ1) is 10.2. The normalized spacial score (nSPS) is 14.6. The first kappa shape index (κ1) is 15.6. The van der Waals surface area contributed by atoms with E-state index in [0.717, 1.165) is 30.0 Å². The molecular formula is C16H23NO4. The smallest absolute Gasteiger partial charge is 0.307 e. The van der Waals surface area contributed by atoms with Crippen molar-refractivity contribution in [3.63, 3.8) is 0 Å². The van der Waals surface area contributed by atoms with Crippen molar-refractivity contribution in [2.45, 2.75) is 32.7 Å². The Balaban J connectivity index is 2.13. The molecule has 1 aliphatic rings. The molecule has 5 nitrogen and oxygen atoms in total. The van der Waals surface area contributed by atoms with Crippen LogP contribution in [0.4, 0.5) is 0 Å². The van der Waals surface area contributed by atoms with Gasteiger partial charge in [-0.1, -0.05) is 13.0 Å². The van der Waals surface area contributed by atoms with Crippen LogP contribution in [0.1, 0.15) is 38.3 Å². The first-order valence-electron chi connectivity index (χ1n) is 7.53. The fourth-order valence-corrected chi connectivity index (χ4v) is 2.29. The number of carbonyl (C=O) groups is 1. The molecule has 0 aromatic heterocycles. The Hall–Kier alpha value is -1.75. The van der Waals surface area contributed by atoms with Gasteiger partial charge in [-0.3, -0.25) is 4.79 Å². The van der Waals surface area contributed by atoms with Crippen LogP contribution in [0.2, 0.25) is 0 Å². The number of hydrogen-bond acceptors (Lipinski definition) is 5. The number of nitrogens with one attached hydrogen (secondary N) is 1. The summed E-state index contributed by atoms with van der Waals surface area (Å²) in [6.45, 7) is 6.29. The number of carbonyl (C=O) groups excluding carboxylic acids is 1. The topological polar surface area (TPSA) is 56.8 Å². The van der Waals surface area contributed by atoms with E-state index in [4.69, 9.17) is 14.2 Å². The van der Waals surface area contributed by atoms with Crippen LogP contribution in [-0.4, -0.2) is 32.3 Å². The minimum absolute atomic E-state index is 0.0696. The third kappa shape index (κ3) is 4.36. The van der Waals surface area contributed by atoms with Crippen LogP contribution in [-0.2, 0) is 9.53 Å². The molecule has 116 valence electrons. The summed E-state index contributed by atoms with van der Waals surface area (Å²) in [7, 11) is 0. The van der Waals surface area contributed by atoms with Crippen LogP contribution in [0, 0.1) is 0 Å². The highest BCUT2D eigenvalue weighted by Crippen LogP contribution is 2.33. The standard InChI is InChI=1S/C16H23NO4/c1-3-7-17-13(11-16(18)19-4-2)12-5-6-14-15(10-12)21-9-8-20-14/h5-6,10,13,17H,3-4,7-9,11H2,1-2H3. The fourth-order valence-electron chi connectivity index (χ4n) is 2.29. The van der Waals surface area contributed by atoms with Gasteiger partial charge in [-0.05, 0) is 37.6 Å². The average molecular weight is 293 g/mol. The second-order valence-electron chi connectivity index (χ2n) is 4.92. The molecule has 0 bridgehead atoms. The van der Waals surface area contributed by atoms with Crippen LogP contribution in [0.3, 0.4) is 0 Å². The molecule has 1 atom stereocenters. The summed E-state index contributed by atoms with van der Waals surface area (Å²) in [5, 5.41) is 3.38. The molecule has 1 heterocycles. The fraction of sp³-hybridized carbons (Fsp3) is 0.562. The Morgan fingerprint density at radius 1 is 1.29 bits per heavy atom. The van der Waals surface area contributed by atoms with Crippen LogP contribution in [0.5, 0.6) is 11.5 Å². The van der Waals surface area contributed by atoms with Crippen molar-refractivity contribution >= 4 is 5.97 Å². The van der Waals surface area contributed by atoms with Gasteiger partial charge in [-0.25, -0.2) is 0 Å². The molecule has 1 aromatic rings. The van der Waals surface area contributed by atoms with Gasteiger partial charge in [0.05, 0.1) is 13.0 Å². The van der Waals surface area contributed by atoms with Crippen molar-refractivity contribution in [2.24, 2.45) is 0 Å². The van der Waals surface area contributed by atoms with Crippen molar-refractivity contribution in [3.05, 3.63) is 23.8 Å². The Kier molecular flexibility index (Phi) is 5.87. The van der Waals surface area contributed by atoms with E-state index in [2.05, 4.69) is 12.2 Å². The molecule has 0 radical (unpaired) electrons. The number of fused-ring (bicyclic) bond motifs is 1. The van der Waals surface area contributed by atoms with E-state index in [1.807, 2.05) is 25.1 Å². The van der Waals surface area contributed by atoms with E-state index < -0.39 is 0 Å². The monoisotopic (exact) mass is 293 g/mol. The lowest BCUT2D eigenvalue weighted by molar-refractivity contribution is -0.143. The van der Waals surface area contributed by atoms with E-state index >= 15 is 0 Å². The van der Waals surface area contributed by atoms with E-state index in [1.165, 1.54) is 0 Å². The molecule has 0 fully saturated rings. The largest absolute Gasteiger partial charge is 0.486 e. The quantitative estimate of drug-likeness (QED) is 0.783. The number of rotatable bonds is 7. The highest BCUT2D eigenvalue weighted by Gasteiger charge is 2.19. The maximum Gasteiger partial charge on any atom is 0.307 e. The van der Waals surface area contributed by atoms with E-state index in [0.29, 0.717) is 26.2 Å². The summed E-state index contributed by atoms with van der Waals surface area (Å²) in [6.07, 6.45) is 1.32. The van der Waals surface area contributed by atoms with E-state index in [-0.39, 0.29) is 12.0 Å². The van der Waals surface area contributed by atoms with Gasteiger partial charge < -0.3 is 19.5 Å².